The third-order valence-corrected chi connectivity index (χ3v) is 8.89. The van der Waals surface area contributed by atoms with Crippen LogP contribution in [-0.2, 0) is 38.9 Å². The molecule has 0 saturated heterocycles. The number of rotatable bonds is 25. The standard InChI is InChI=1S/C33H53N7O12S/c1-32(2,19-33(3,4)31(48)49)30(47)40-23(14-18-53(50,51)52)28(44)39-24(29(45)46)12-13-25(41)38-22(26(35)42)7-5-6-16-37-27(43)20-8-10-21(11-9-20)36-17-15-34/h8-11,22-24,36H,5-7,12-19,34H2,1-4H3,(H2,35,42)(H,37,43)(H,38,41)(H,39,44)(H,40,47)(H,45,46)(H,48,49)(H,50,51,52)/t22-,23?,24?/m0/s1. The maximum Gasteiger partial charge on any atom is 0.326 e. The van der Waals surface area contributed by atoms with Gasteiger partial charge in [-0.1, -0.05) is 13.8 Å². The lowest BCUT2D eigenvalue weighted by Gasteiger charge is -2.32. The van der Waals surface area contributed by atoms with Gasteiger partial charge in [0.2, 0.25) is 23.6 Å². The zero-order valence-corrected chi connectivity index (χ0v) is 31.2. The first-order valence-electron chi connectivity index (χ1n) is 16.9. The van der Waals surface area contributed by atoms with Crippen molar-refractivity contribution in [2.75, 3.05) is 30.7 Å². The van der Waals surface area contributed by atoms with Gasteiger partial charge in [0.15, 0.2) is 0 Å². The van der Waals surface area contributed by atoms with E-state index in [2.05, 4.69) is 26.6 Å². The Morgan fingerprint density at radius 1 is 0.792 bits per heavy atom. The summed E-state index contributed by atoms with van der Waals surface area (Å²) in [6.07, 6.45) is -0.877. The van der Waals surface area contributed by atoms with E-state index in [4.69, 9.17) is 11.5 Å². The molecular weight excluding hydrogens is 718 g/mol. The summed E-state index contributed by atoms with van der Waals surface area (Å²) in [6.45, 7) is 6.91. The van der Waals surface area contributed by atoms with Gasteiger partial charge in [-0.05, 0) is 76.6 Å². The molecule has 0 aliphatic rings. The summed E-state index contributed by atoms with van der Waals surface area (Å²) in [5, 5.41) is 31.9. The Morgan fingerprint density at radius 3 is 1.94 bits per heavy atom. The Bertz CT molecular complexity index is 1570. The van der Waals surface area contributed by atoms with E-state index in [1.165, 1.54) is 27.7 Å². The van der Waals surface area contributed by atoms with E-state index in [9.17, 15) is 56.7 Å². The number of primary amides is 1. The lowest BCUT2D eigenvalue weighted by molar-refractivity contribution is -0.150. The Morgan fingerprint density at radius 2 is 1.42 bits per heavy atom. The molecule has 1 rings (SSSR count). The third-order valence-electron chi connectivity index (χ3n) is 8.14. The number of carbonyl (C=O) groups excluding carboxylic acids is 5. The summed E-state index contributed by atoms with van der Waals surface area (Å²) in [4.78, 5) is 86.9. The van der Waals surface area contributed by atoms with Crippen LogP contribution >= 0.6 is 0 Å². The van der Waals surface area contributed by atoms with Crippen molar-refractivity contribution < 1.29 is 56.7 Å². The second-order valence-electron chi connectivity index (χ2n) is 13.9. The van der Waals surface area contributed by atoms with Gasteiger partial charge in [0, 0.05) is 42.7 Å². The van der Waals surface area contributed by atoms with Crippen molar-refractivity contribution >= 4 is 57.3 Å². The largest absolute Gasteiger partial charge is 0.481 e. The number of carboxylic acid groups (broad SMARTS) is 2. The molecule has 0 fully saturated rings. The van der Waals surface area contributed by atoms with Gasteiger partial charge in [0.25, 0.3) is 16.0 Å². The molecule has 298 valence electrons. The SMILES string of the molecule is CC(C)(CC(C)(C)C(=O)NC(CCS(=O)(=O)O)C(=O)NC(CCC(=O)N[C@@H](CCCCNC(=O)c1ccc(NCCN)cc1)C(N)=O)C(=O)O)C(=O)O. The lowest BCUT2D eigenvalue weighted by atomic mass is 9.74. The van der Waals surface area contributed by atoms with Crippen LogP contribution in [-0.4, -0.2) is 108 Å². The number of aliphatic carboxylic acids is 2. The molecule has 19 nitrogen and oxygen atoms in total. The van der Waals surface area contributed by atoms with Crippen molar-refractivity contribution in [3.63, 3.8) is 0 Å². The molecule has 0 heterocycles. The molecule has 1 aromatic rings. The minimum Gasteiger partial charge on any atom is -0.481 e. The summed E-state index contributed by atoms with van der Waals surface area (Å²) >= 11 is 0. The monoisotopic (exact) mass is 771 g/mol. The van der Waals surface area contributed by atoms with E-state index in [0.717, 1.165) is 5.69 Å². The van der Waals surface area contributed by atoms with Crippen molar-refractivity contribution in [2.45, 2.75) is 90.8 Å². The molecule has 1 aromatic carbocycles. The number of hydrogen-bond acceptors (Lipinski definition) is 11. The van der Waals surface area contributed by atoms with Crippen LogP contribution in [0.25, 0.3) is 0 Å². The van der Waals surface area contributed by atoms with Crippen molar-refractivity contribution in [1.82, 2.24) is 21.3 Å². The highest BCUT2D eigenvalue weighted by Crippen LogP contribution is 2.34. The molecule has 3 atom stereocenters. The van der Waals surface area contributed by atoms with E-state index < -0.39 is 99.7 Å². The summed E-state index contributed by atoms with van der Waals surface area (Å²) in [7, 11) is -4.62. The maximum atomic E-state index is 13.1. The molecule has 0 spiro atoms. The van der Waals surface area contributed by atoms with E-state index in [1.807, 2.05) is 0 Å². The van der Waals surface area contributed by atoms with Crippen molar-refractivity contribution in [3.8, 4) is 0 Å². The van der Waals surface area contributed by atoms with Gasteiger partial charge in [0.05, 0.1) is 11.2 Å². The van der Waals surface area contributed by atoms with E-state index in [1.54, 1.807) is 24.3 Å². The second kappa shape index (κ2) is 21.0. The fraction of sp³-hybridized carbons (Fsp3) is 0.606. The molecule has 2 unspecified atom stereocenters. The average molecular weight is 772 g/mol. The predicted octanol–water partition coefficient (Wildman–Crippen LogP) is -0.433. The van der Waals surface area contributed by atoms with Gasteiger partial charge >= 0.3 is 11.9 Å². The van der Waals surface area contributed by atoms with Crippen LogP contribution < -0.4 is 38.1 Å². The number of unbranched alkanes of at least 4 members (excludes halogenated alkanes) is 1. The summed E-state index contributed by atoms with van der Waals surface area (Å²) < 4.78 is 32.1. The molecule has 0 bridgehead atoms. The van der Waals surface area contributed by atoms with E-state index >= 15 is 0 Å². The Balaban J connectivity index is 2.77. The lowest BCUT2D eigenvalue weighted by Crippen LogP contribution is -2.55. The van der Waals surface area contributed by atoms with E-state index in [0.29, 0.717) is 31.5 Å². The molecule has 0 radical (unpaired) electrons. The van der Waals surface area contributed by atoms with Gasteiger partial charge < -0.3 is 48.3 Å². The van der Waals surface area contributed by atoms with Crippen LogP contribution in [0.15, 0.2) is 24.3 Å². The Labute approximate surface area is 308 Å². The van der Waals surface area contributed by atoms with Gasteiger partial charge in [-0.2, -0.15) is 8.42 Å². The number of carboxylic acids is 2. The number of nitrogens with one attached hydrogen (secondary N) is 5. The van der Waals surface area contributed by atoms with Gasteiger partial charge in [0.1, 0.15) is 18.1 Å². The first kappa shape index (κ1) is 46.2. The highest BCUT2D eigenvalue weighted by atomic mass is 32.2. The molecule has 0 saturated carbocycles. The fourth-order valence-corrected chi connectivity index (χ4v) is 5.77. The van der Waals surface area contributed by atoms with Crippen LogP contribution in [0.5, 0.6) is 0 Å². The van der Waals surface area contributed by atoms with Crippen LogP contribution in [0.4, 0.5) is 5.69 Å². The summed E-state index contributed by atoms with van der Waals surface area (Å²) in [5.41, 5.74) is 9.42. The number of benzene rings is 1. The minimum atomic E-state index is -4.62. The molecule has 0 aromatic heterocycles. The van der Waals surface area contributed by atoms with Crippen molar-refractivity contribution in [2.24, 2.45) is 22.3 Å². The smallest absolute Gasteiger partial charge is 0.326 e. The maximum absolute atomic E-state index is 13.1. The second-order valence-corrected chi connectivity index (χ2v) is 15.4. The highest BCUT2D eigenvalue weighted by molar-refractivity contribution is 7.85. The molecular formula is C33H53N7O12S. The highest BCUT2D eigenvalue weighted by Gasteiger charge is 2.40. The summed E-state index contributed by atoms with van der Waals surface area (Å²) in [5.74, 6) is -7.61. The Kier molecular flexibility index (Phi) is 18.3. The Hall–Kier alpha value is -4.82. The topological polar surface area (TPSA) is 327 Å². The number of amides is 5. The minimum absolute atomic E-state index is 0.118. The molecule has 0 aliphatic heterocycles. The number of nitrogens with two attached hydrogens (primary N) is 2. The first-order chi connectivity index (χ1) is 24.5. The molecule has 12 N–H and O–H groups in total. The fourth-order valence-electron chi connectivity index (χ4n) is 5.24. The van der Waals surface area contributed by atoms with Crippen LogP contribution in [0, 0.1) is 10.8 Å². The zero-order chi connectivity index (χ0) is 40.6. The van der Waals surface area contributed by atoms with Gasteiger partial charge in [-0.15, -0.1) is 0 Å². The molecule has 5 amide bonds. The molecule has 0 aliphatic carbocycles. The molecule has 53 heavy (non-hydrogen) atoms. The zero-order valence-electron chi connectivity index (χ0n) is 30.4. The average Bonchev–Trinajstić information content (AvgIpc) is 3.05. The van der Waals surface area contributed by atoms with Crippen molar-refractivity contribution in [3.05, 3.63) is 29.8 Å². The number of anilines is 1. The quantitative estimate of drug-likeness (QED) is 0.0446. The predicted molar refractivity (Wildman–Crippen MR) is 193 cm³/mol. The first-order valence-corrected chi connectivity index (χ1v) is 18.5. The van der Waals surface area contributed by atoms with Crippen molar-refractivity contribution in [1.29, 1.82) is 0 Å². The van der Waals surface area contributed by atoms with Gasteiger partial charge in [-0.25, -0.2) is 4.79 Å². The van der Waals surface area contributed by atoms with E-state index in [-0.39, 0.29) is 25.3 Å². The summed E-state index contributed by atoms with van der Waals surface area (Å²) in [6, 6.07) is 2.32. The number of hydrogen-bond donors (Lipinski definition) is 10. The van der Waals surface area contributed by atoms with Gasteiger partial charge in [-0.3, -0.25) is 33.3 Å². The normalized spacial score (nSPS) is 13.5. The van der Waals surface area contributed by atoms with Crippen LogP contribution in [0.1, 0.15) is 83.0 Å². The third kappa shape index (κ3) is 17.5. The van der Waals surface area contributed by atoms with Crippen LogP contribution in [0.3, 0.4) is 0 Å². The van der Waals surface area contributed by atoms with Crippen LogP contribution in [0.2, 0.25) is 0 Å². The number of carbonyl (C=O) groups is 7. The molecule has 20 heteroatoms.